The highest BCUT2D eigenvalue weighted by Gasteiger charge is 2.14. The van der Waals surface area contributed by atoms with E-state index in [1.54, 1.807) is 17.7 Å². The van der Waals surface area contributed by atoms with Crippen LogP contribution in [0.5, 0.6) is 5.75 Å². The minimum Gasteiger partial charge on any atom is -0.497 e. The number of carbonyl (C=O) groups is 1. The van der Waals surface area contributed by atoms with Crippen LogP contribution in [0.1, 0.15) is 21.7 Å². The minimum atomic E-state index is -1.10. The number of nitrogens with one attached hydrogen (secondary N) is 1. The van der Waals surface area contributed by atoms with Gasteiger partial charge in [-0.15, -0.1) is 0 Å². The highest BCUT2D eigenvalue weighted by Crippen LogP contribution is 2.22. The number of carboxylic acid groups (broad SMARTS) is 1. The van der Waals surface area contributed by atoms with Crippen molar-refractivity contribution in [1.29, 1.82) is 0 Å². The summed E-state index contributed by atoms with van der Waals surface area (Å²) in [6, 6.07) is 12.3. The molecule has 0 aliphatic rings. The number of H-pyrrole nitrogens is 1. The van der Waals surface area contributed by atoms with Gasteiger partial charge in [-0.1, -0.05) is 23.7 Å². The average Bonchev–Trinajstić information content (AvgIpc) is 2.96. The highest BCUT2D eigenvalue weighted by atomic mass is 35.5. The number of ether oxygens (including phenoxy) is 1. The zero-order valence-electron chi connectivity index (χ0n) is 13.2. The molecule has 1 aromatic heterocycles. The first-order valence-corrected chi connectivity index (χ1v) is 8.10. The molecule has 0 bridgehead atoms. The summed E-state index contributed by atoms with van der Waals surface area (Å²) in [5.41, 5.74) is 1.62. The van der Waals surface area contributed by atoms with Gasteiger partial charge in [-0.3, -0.25) is 9.67 Å². The molecule has 0 fully saturated rings. The van der Waals surface area contributed by atoms with Gasteiger partial charge in [0, 0.05) is 6.42 Å². The summed E-state index contributed by atoms with van der Waals surface area (Å²) in [5, 5.41) is 16.4. The molecule has 0 radical (unpaired) electrons. The number of benzene rings is 2. The van der Waals surface area contributed by atoms with E-state index in [1.165, 1.54) is 12.1 Å². The summed E-state index contributed by atoms with van der Waals surface area (Å²) in [6.45, 7) is 0. The van der Waals surface area contributed by atoms with Crippen molar-refractivity contribution in [3.05, 3.63) is 69.2 Å². The second kappa shape index (κ2) is 7.08. The van der Waals surface area contributed by atoms with Crippen molar-refractivity contribution in [1.82, 2.24) is 14.8 Å². The Bertz CT molecular complexity index is 980. The summed E-state index contributed by atoms with van der Waals surface area (Å²) in [4.78, 5) is 11.3. The molecule has 0 unspecified atom stereocenters. The minimum absolute atomic E-state index is 0.0117. The molecule has 128 valence electrons. The molecule has 0 aliphatic heterocycles. The van der Waals surface area contributed by atoms with Gasteiger partial charge in [-0.05, 0) is 48.1 Å². The fourth-order valence-electron chi connectivity index (χ4n) is 2.46. The van der Waals surface area contributed by atoms with Crippen LogP contribution in [-0.4, -0.2) is 33.0 Å². The summed E-state index contributed by atoms with van der Waals surface area (Å²) in [7, 11) is 1.61. The second-order valence-corrected chi connectivity index (χ2v) is 6.07. The van der Waals surface area contributed by atoms with E-state index < -0.39 is 5.97 Å². The number of halogens is 1. The first-order valence-electron chi connectivity index (χ1n) is 7.32. The van der Waals surface area contributed by atoms with Crippen LogP contribution in [0.25, 0.3) is 5.69 Å². The van der Waals surface area contributed by atoms with E-state index in [0.29, 0.717) is 22.7 Å². The predicted octanol–water partition coefficient (Wildman–Crippen LogP) is 3.88. The fourth-order valence-corrected chi connectivity index (χ4v) is 2.91. The van der Waals surface area contributed by atoms with Crippen molar-refractivity contribution in [3.8, 4) is 11.4 Å². The van der Waals surface area contributed by atoms with Crippen molar-refractivity contribution in [3.63, 3.8) is 0 Å². The van der Waals surface area contributed by atoms with E-state index in [1.807, 2.05) is 24.3 Å². The van der Waals surface area contributed by atoms with Crippen LogP contribution in [0.2, 0.25) is 5.02 Å². The number of aromatic amines is 1. The lowest BCUT2D eigenvalue weighted by molar-refractivity contribution is 0.0697. The summed E-state index contributed by atoms with van der Waals surface area (Å²) in [5.74, 6) is 0.332. The Morgan fingerprint density at radius 2 is 2.04 bits per heavy atom. The number of methoxy groups -OCH3 is 1. The molecule has 0 atom stereocenters. The Labute approximate surface area is 153 Å². The molecule has 1 heterocycles. The lowest BCUT2D eigenvalue weighted by Crippen LogP contribution is -2.05. The molecule has 2 N–H and O–H groups in total. The Morgan fingerprint density at radius 1 is 1.32 bits per heavy atom. The van der Waals surface area contributed by atoms with E-state index in [-0.39, 0.29) is 10.6 Å². The van der Waals surface area contributed by atoms with Gasteiger partial charge in [-0.25, -0.2) is 4.79 Å². The van der Waals surface area contributed by atoms with Gasteiger partial charge in [0.2, 0.25) is 0 Å². The Balaban J connectivity index is 2.01. The first kappa shape index (κ1) is 17.2. The molecule has 6 nitrogen and oxygen atoms in total. The van der Waals surface area contributed by atoms with Gasteiger partial charge in [0.15, 0.2) is 4.77 Å². The molecule has 25 heavy (non-hydrogen) atoms. The van der Waals surface area contributed by atoms with Crippen molar-refractivity contribution in [2.45, 2.75) is 6.42 Å². The Hall–Kier alpha value is -2.64. The molecule has 0 saturated heterocycles. The monoisotopic (exact) mass is 375 g/mol. The number of aromatic carboxylic acids is 1. The van der Waals surface area contributed by atoms with E-state index in [9.17, 15) is 9.90 Å². The number of hydrogen-bond acceptors (Lipinski definition) is 4. The third-order valence-electron chi connectivity index (χ3n) is 3.70. The molecule has 0 spiro atoms. The third-order valence-corrected chi connectivity index (χ3v) is 4.31. The maximum Gasteiger partial charge on any atom is 0.337 e. The Morgan fingerprint density at radius 3 is 2.68 bits per heavy atom. The van der Waals surface area contributed by atoms with Crippen LogP contribution < -0.4 is 4.74 Å². The van der Waals surface area contributed by atoms with Gasteiger partial charge in [0.25, 0.3) is 0 Å². The SMILES string of the molecule is COc1ccc(Cc2n[nH]c(=S)n2-c2ccc(Cl)c(C(=O)O)c2)cc1. The molecule has 8 heteroatoms. The van der Waals surface area contributed by atoms with Gasteiger partial charge < -0.3 is 9.84 Å². The quantitative estimate of drug-likeness (QED) is 0.661. The number of carboxylic acids is 1. The van der Waals surface area contributed by atoms with Gasteiger partial charge in [-0.2, -0.15) is 5.10 Å². The molecule has 2 aromatic carbocycles. The number of rotatable bonds is 5. The number of hydrogen-bond donors (Lipinski definition) is 2. The molecule has 0 amide bonds. The predicted molar refractivity (Wildman–Crippen MR) is 96.5 cm³/mol. The molecule has 0 saturated carbocycles. The lowest BCUT2D eigenvalue weighted by Gasteiger charge is -2.09. The van der Waals surface area contributed by atoms with E-state index >= 15 is 0 Å². The largest absolute Gasteiger partial charge is 0.497 e. The smallest absolute Gasteiger partial charge is 0.337 e. The molecule has 3 rings (SSSR count). The van der Waals surface area contributed by atoms with Crippen LogP contribution in [0.4, 0.5) is 0 Å². The third kappa shape index (κ3) is 3.57. The number of aromatic nitrogens is 3. The van der Waals surface area contributed by atoms with Crippen LogP contribution in [-0.2, 0) is 6.42 Å². The topological polar surface area (TPSA) is 80.1 Å². The maximum absolute atomic E-state index is 11.3. The van der Waals surface area contributed by atoms with Crippen LogP contribution in [0.15, 0.2) is 42.5 Å². The van der Waals surface area contributed by atoms with Crippen LogP contribution >= 0.6 is 23.8 Å². The standard InChI is InChI=1S/C17H14ClN3O3S/c1-24-12-5-2-10(3-6-12)8-15-19-20-17(25)21(15)11-4-7-14(18)13(9-11)16(22)23/h2-7,9H,8H2,1H3,(H,20,25)(H,22,23). The van der Waals surface area contributed by atoms with Crippen molar-refractivity contribution in [2.24, 2.45) is 0 Å². The van der Waals surface area contributed by atoms with E-state index in [2.05, 4.69) is 10.2 Å². The van der Waals surface area contributed by atoms with Crippen molar-refractivity contribution < 1.29 is 14.6 Å². The van der Waals surface area contributed by atoms with E-state index in [0.717, 1.165) is 11.3 Å². The second-order valence-electron chi connectivity index (χ2n) is 5.27. The van der Waals surface area contributed by atoms with E-state index in [4.69, 9.17) is 28.6 Å². The molecular weight excluding hydrogens is 362 g/mol. The molecular formula is C17H14ClN3O3S. The van der Waals surface area contributed by atoms with Gasteiger partial charge >= 0.3 is 5.97 Å². The zero-order valence-corrected chi connectivity index (χ0v) is 14.8. The van der Waals surface area contributed by atoms with Crippen molar-refractivity contribution >= 4 is 29.8 Å². The summed E-state index contributed by atoms with van der Waals surface area (Å²) < 4.78 is 7.23. The van der Waals surface area contributed by atoms with Crippen molar-refractivity contribution in [2.75, 3.05) is 7.11 Å². The normalized spacial score (nSPS) is 10.6. The van der Waals surface area contributed by atoms with Crippen LogP contribution in [0.3, 0.4) is 0 Å². The maximum atomic E-state index is 11.3. The zero-order chi connectivity index (χ0) is 18.0. The molecule has 0 aliphatic carbocycles. The lowest BCUT2D eigenvalue weighted by atomic mass is 10.1. The van der Waals surface area contributed by atoms with Crippen LogP contribution in [0, 0.1) is 4.77 Å². The van der Waals surface area contributed by atoms with Gasteiger partial charge in [0.05, 0.1) is 23.4 Å². The average molecular weight is 376 g/mol. The fraction of sp³-hybridized carbons (Fsp3) is 0.118. The summed E-state index contributed by atoms with van der Waals surface area (Å²) >= 11 is 11.2. The molecule has 3 aromatic rings. The number of nitrogens with zero attached hydrogens (tertiary/aromatic N) is 2. The first-order chi connectivity index (χ1) is 12.0. The highest BCUT2D eigenvalue weighted by molar-refractivity contribution is 7.71. The Kier molecular flexibility index (Phi) is 4.87. The van der Waals surface area contributed by atoms with Gasteiger partial charge in [0.1, 0.15) is 11.6 Å². The summed E-state index contributed by atoms with van der Waals surface area (Å²) in [6.07, 6.45) is 0.516.